The van der Waals surface area contributed by atoms with Crippen molar-refractivity contribution >= 4 is 11.8 Å². The van der Waals surface area contributed by atoms with Gasteiger partial charge in [0.1, 0.15) is 6.10 Å². The van der Waals surface area contributed by atoms with Crippen LogP contribution in [0.25, 0.3) is 0 Å². The van der Waals surface area contributed by atoms with Gasteiger partial charge < -0.3 is 15.0 Å². The highest BCUT2D eigenvalue weighted by Crippen LogP contribution is 2.28. The Hall–Kier alpha value is -1.10. The fourth-order valence-corrected chi connectivity index (χ4v) is 3.33. The van der Waals surface area contributed by atoms with Crippen LogP contribution in [0.15, 0.2) is 0 Å². The molecule has 0 spiro atoms. The summed E-state index contributed by atoms with van der Waals surface area (Å²) in [5, 5.41) is 3.05. The van der Waals surface area contributed by atoms with Crippen LogP contribution in [0.1, 0.15) is 58.8 Å². The number of hydrogen-bond acceptors (Lipinski definition) is 3. The van der Waals surface area contributed by atoms with E-state index in [4.69, 9.17) is 4.74 Å². The second-order valence-corrected chi connectivity index (χ2v) is 6.61. The minimum absolute atomic E-state index is 0.0459. The van der Waals surface area contributed by atoms with E-state index in [0.29, 0.717) is 12.5 Å². The molecule has 3 atom stereocenters. The molecule has 0 bridgehead atoms. The standard InChI is InChI=1S/C17H30N2O3/c1-3-4-11-22-13(2)16(20)18-15-8-7-14(12-15)17(21)19-9-5-6-10-19/h13-15H,3-12H2,1-2H3,(H,18,20)/t13?,14-,15+/m1/s1. The molecule has 1 heterocycles. The van der Waals surface area contributed by atoms with Gasteiger partial charge in [0.05, 0.1) is 0 Å². The van der Waals surface area contributed by atoms with Crippen molar-refractivity contribution in [3.63, 3.8) is 0 Å². The smallest absolute Gasteiger partial charge is 0.249 e. The summed E-state index contributed by atoms with van der Waals surface area (Å²) in [6.07, 6.45) is 6.48. The SMILES string of the molecule is CCCCOC(C)C(=O)N[C@H]1CC[C@@H](C(=O)N2CCCC2)C1. The van der Waals surface area contributed by atoms with Crippen LogP contribution >= 0.6 is 0 Å². The lowest BCUT2D eigenvalue weighted by Gasteiger charge is -2.20. The van der Waals surface area contributed by atoms with Gasteiger partial charge in [-0.15, -0.1) is 0 Å². The Morgan fingerprint density at radius 1 is 1.27 bits per heavy atom. The zero-order valence-electron chi connectivity index (χ0n) is 14.0. The van der Waals surface area contributed by atoms with Gasteiger partial charge in [-0.2, -0.15) is 0 Å². The van der Waals surface area contributed by atoms with Crippen LogP contribution in [0, 0.1) is 5.92 Å². The predicted molar refractivity (Wildman–Crippen MR) is 85.4 cm³/mol. The summed E-state index contributed by atoms with van der Waals surface area (Å²) in [6, 6.07) is 0.126. The van der Waals surface area contributed by atoms with Crippen LogP contribution in [0.3, 0.4) is 0 Å². The number of carbonyl (C=O) groups excluding carboxylic acids is 2. The Labute approximate surface area is 133 Å². The number of nitrogens with one attached hydrogen (secondary N) is 1. The number of nitrogens with zero attached hydrogens (tertiary/aromatic N) is 1. The minimum atomic E-state index is -0.403. The highest BCUT2D eigenvalue weighted by molar-refractivity contribution is 5.82. The molecule has 2 aliphatic rings. The maximum absolute atomic E-state index is 12.4. The van der Waals surface area contributed by atoms with Crippen molar-refractivity contribution in [1.82, 2.24) is 10.2 Å². The summed E-state index contributed by atoms with van der Waals surface area (Å²) in [7, 11) is 0. The molecule has 1 saturated heterocycles. The molecule has 1 N–H and O–H groups in total. The molecule has 2 amide bonds. The van der Waals surface area contributed by atoms with E-state index in [1.807, 2.05) is 4.90 Å². The Morgan fingerprint density at radius 2 is 2.00 bits per heavy atom. The average molecular weight is 310 g/mol. The first-order chi connectivity index (χ1) is 10.6. The summed E-state index contributed by atoms with van der Waals surface area (Å²) in [5.74, 6) is 0.344. The van der Waals surface area contributed by atoms with Gasteiger partial charge in [0, 0.05) is 31.7 Å². The molecule has 1 saturated carbocycles. The molecule has 1 aliphatic heterocycles. The molecule has 1 aliphatic carbocycles. The number of hydrogen-bond donors (Lipinski definition) is 1. The quantitative estimate of drug-likeness (QED) is 0.733. The van der Waals surface area contributed by atoms with Crippen LogP contribution in [-0.4, -0.2) is 48.6 Å². The topological polar surface area (TPSA) is 58.6 Å². The number of amides is 2. The fourth-order valence-electron chi connectivity index (χ4n) is 3.33. The normalized spacial score (nSPS) is 26.2. The van der Waals surface area contributed by atoms with Crippen molar-refractivity contribution in [2.75, 3.05) is 19.7 Å². The lowest BCUT2D eigenvalue weighted by molar-refractivity contribution is -0.135. The molecule has 126 valence electrons. The molecule has 2 fully saturated rings. The fraction of sp³-hybridized carbons (Fsp3) is 0.882. The van der Waals surface area contributed by atoms with Crippen LogP contribution in [0.2, 0.25) is 0 Å². The van der Waals surface area contributed by atoms with Gasteiger partial charge in [-0.3, -0.25) is 9.59 Å². The molecule has 22 heavy (non-hydrogen) atoms. The first-order valence-electron chi connectivity index (χ1n) is 8.82. The zero-order chi connectivity index (χ0) is 15.9. The lowest BCUT2D eigenvalue weighted by atomic mass is 10.1. The summed E-state index contributed by atoms with van der Waals surface area (Å²) in [4.78, 5) is 26.5. The zero-order valence-corrected chi connectivity index (χ0v) is 14.0. The van der Waals surface area contributed by atoms with Gasteiger partial charge in [0.2, 0.25) is 11.8 Å². The Balaban J connectivity index is 1.71. The van der Waals surface area contributed by atoms with E-state index in [-0.39, 0.29) is 17.9 Å². The molecular weight excluding hydrogens is 280 g/mol. The molecule has 0 aromatic carbocycles. The van der Waals surface area contributed by atoms with Crippen molar-refractivity contribution < 1.29 is 14.3 Å². The number of unbranched alkanes of at least 4 members (excludes halogenated alkanes) is 1. The minimum Gasteiger partial charge on any atom is -0.369 e. The molecule has 0 radical (unpaired) electrons. The number of rotatable bonds is 7. The van der Waals surface area contributed by atoms with Gasteiger partial charge in [-0.1, -0.05) is 13.3 Å². The molecule has 1 unspecified atom stereocenters. The van der Waals surface area contributed by atoms with E-state index in [1.165, 1.54) is 0 Å². The third kappa shape index (κ3) is 4.70. The van der Waals surface area contributed by atoms with Crippen LogP contribution < -0.4 is 5.32 Å². The highest BCUT2D eigenvalue weighted by atomic mass is 16.5. The Morgan fingerprint density at radius 3 is 2.68 bits per heavy atom. The van der Waals surface area contributed by atoms with E-state index in [0.717, 1.165) is 58.0 Å². The van der Waals surface area contributed by atoms with Crippen molar-refractivity contribution in [3.05, 3.63) is 0 Å². The van der Waals surface area contributed by atoms with Gasteiger partial charge in [-0.05, 0) is 45.4 Å². The maximum Gasteiger partial charge on any atom is 0.249 e. The second kappa shape index (κ2) is 8.51. The first-order valence-corrected chi connectivity index (χ1v) is 8.82. The van der Waals surface area contributed by atoms with Crippen LogP contribution in [0.5, 0.6) is 0 Å². The first kappa shape index (κ1) is 17.3. The van der Waals surface area contributed by atoms with Gasteiger partial charge in [0.15, 0.2) is 0 Å². The lowest BCUT2D eigenvalue weighted by Crippen LogP contribution is -2.41. The third-order valence-corrected chi connectivity index (χ3v) is 4.78. The van der Waals surface area contributed by atoms with E-state index in [1.54, 1.807) is 6.92 Å². The molecule has 5 nitrogen and oxygen atoms in total. The number of ether oxygens (including phenoxy) is 1. The maximum atomic E-state index is 12.4. The predicted octanol–water partition coefficient (Wildman–Crippen LogP) is 2.10. The Kier molecular flexibility index (Phi) is 6.68. The third-order valence-electron chi connectivity index (χ3n) is 4.78. The summed E-state index contributed by atoms with van der Waals surface area (Å²) >= 11 is 0. The largest absolute Gasteiger partial charge is 0.369 e. The molecule has 0 aromatic heterocycles. The van der Waals surface area contributed by atoms with Crippen molar-refractivity contribution in [1.29, 1.82) is 0 Å². The summed E-state index contributed by atoms with van der Waals surface area (Å²) in [6.45, 7) is 6.35. The Bertz CT molecular complexity index is 380. The molecule has 2 rings (SSSR count). The van der Waals surface area contributed by atoms with E-state index in [2.05, 4.69) is 12.2 Å². The van der Waals surface area contributed by atoms with E-state index < -0.39 is 6.10 Å². The molecule has 0 aromatic rings. The number of carbonyl (C=O) groups is 2. The summed E-state index contributed by atoms with van der Waals surface area (Å²) in [5.41, 5.74) is 0. The van der Waals surface area contributed by atoms with Crippen LogP contribution in [-0.2, 0) is 14.3 Å². The summed E-state index contributed by atoms with van der Waals surface area (Å²) < 4.78 is 5.52. The van der Waals surface area contributed by atoms with Gasteiger partial charge >= 0.3 is 0 Å². The second-order valence-electron chi connectivity index (χ2n) is 6.61. The molecule has 5 heteroatoms. The van der Waals surface area contributed by atoms with Crippen LogP contribution in [0.4, 0.5) is 0 Å². The van der Waals surface area contributed by atoms with Crippen molar-refractivity contribution in [3.8, 4) is 0 Å². The average Bonchev–Trinajstić information content (AvgIpc) is 3.18. The van der Waals surface area contributed by atoms with E-state index >= 15 is 0 Å². The van der Waals surface area contributed by atoms with Gasteiger partial charge in [-0.25, -0.2) is 0 Å². The van der Waals surface area contributed by atoms with Crippen molar-refractivity contribution in [2.24, 2.45) is 5.92 Å². The van der Waals surface area contributed by atoms with Crippen molar-refractivity contribution in [2.45, 2.75) is 70.9 Å². The monoisotopic (exact) mass is 310 g/mol. The highest BCUT2D eigenvalue weighted by Gasteiger charge is 2.34. The number of likely N-dealkylation sites (tertiary alicyclic amines) is 1. The van der Waals surface area contributed by atoms with Gasteiger partial charge in [0.25, 0.3) is 0 Å². The van der Waals surface area contributed by atoms with E-state index in [9.17, 15) is 9.59 Å². The molecular formula is C17H30N2O3.